The number of urea groups is 1. The van der Waals surface area contributed by atoms with E-state index in [0.717, 1.165) is 16.9 Å². The lowest BCUT2D eigenvalue weighted by Crippen LogP contribution is -2.39. The third-order valence-corrected chi connectivity index (χ3v) is 3.13. The van der Waals surface area contributed by atoms with Crippen LogP contribution in [0.5, 0.6) is 0 Å². The number of hydrogen-bond acceptors (Lipinski definition) is 7. The van der Waals surface area contributed by atoms with Crippen LogP contribution < -0.4 is 4.90 Å². The van der Waals surface area contributed by atoms with E-state index in [2.05, 4.69) is 9.89 Å². The zero-order valence-electron chi connectivity index (χ0n) is 12.9. The molecule has 9 nitrogen and oxygen atoms in total. The van der Waals surface area contributed by atoms with Crippen LogP contribution in [0.25, 0.3) is 0 Å². The summed E-state index contributed by atoms with van der Waals surface area (Å²) in [6.07, 6.45) is -2.55. The highest BCUT2D eigenvalue weighted by atomic mass is 16.7. The monoisotopic (exact) mass is 311 g/mol. The molecule has 0 bridgehead atoms. The Morgan fingerprint density at radius 2 is 2.00 bits per heavy atom. The van der Waals surface area contributed by atoms with E-state index in [4.69, 9.17) is 9.26 Å². The molecule has 3 amide bonds. The zero-order valence-corrected chi connectivity index (χ0v) is 12.9. The van der Waals surface area contributed by atoms with Gasteiger partial charge in [-0.2, -0.15) is 0 Å². The van der Waals surface area contributed by atoms with Gasteiger partial charge in [0.15, 0.2) is 5.82 Å². The average molecular weight is 311 g/mol. The van der Waals surface area contributed by atoms with Gasteiger partial charge in [-0.05, 0) is 0 Å². The molecular weight excluding hydrogens is 294 g/mol. The number of hydrogen-bond donors (Lipinski definition) is 0. The summed E-state index contributed by atoms with van der Waals surface area (Å²) < 4.78 is 14.4. The van der Waals surface area contributed by atoms with Crippen molar-refractivity contribution < 1.29 is 28.4 Å². The van der Waals surface area contributed by atoms with E-state index in [1.807, 2.05) is 20.8 Å². The molecule has 1 unspecified atom stereocenters. The van der Waals surface area contributed by atoms with Crippen molar-refractivity contribution in [2.45, 2.75) is 32.4 Å². The van der Waals surface area contributed by atoms with E-state index >= 15 is 0 Å². The third-order valence-electron chi connectivity index (χ3n) is 3.13. The summed E-state index contributed by atoms with van der Waals surface area (Å²) in [5.74, 6) is -0.0913. The van der Waals surface area contributed by atoms with Crippen LogP contribution in [-0.2, 0) is 19.7 Å². The molecule has 22 heavy (non-hydrogen) atoms. The Kier molecular flexibility index (Phi) is 3.82. The second-order valence-electron chi connectivity index (χ2n) is 5.77. The average Bonchev–Trinajstić information content (AvgIpc) is 3.00. The maximum absolute atomic E-state index is 12.2. The molecule has 0 saturated carbocycles. The molecule has 1 atom stereocenters. The van der Waals surface area contributed by atoms with E-state index < -0.39 is 24.3 Å². The maximum atomic E-state index is 12.2. The van der Waals surface area contributed by atoms with Crippen LogP contribution in [-0.4, -0.2) is 48.5 Å². The van der Waals surface area contributed by atoms with E-state index in [1.165, 1.54) is 13.1 Å². The number of anilines is 1. The first-order valence-corrected chi connectivity index (χ1v) is 6.49. The largest absolute Gasteiger partial charge is 0.510 e. The molecule has 1 aliphatic heterocycles. The Hall–Kier alpha value is -2.58. The predicted octanol–water partition coefficient (Wildman–Crippen LogP) is 1.48. The Morgan fingerprint density at radius 1 is 1.36 bits per heavy atom. The molecular formula is C13H17N3O6. The molecule has 1 aromatic rings. The van der Waals surface area contributed by atoms with E-state index in [0.29, 0.717) is 5.76 Å². The van der Waals surface area contributed by atoms with Gasteiger partial charge in [0, 0.05) is 18.5 Å². The molecule has 0 radical (unpaired) electrons. The normalized spacial score (nSPS) is 18.9. The van der Waals surface area contributed by atoms with Gasteiger partial charge >= 0.3 is 12.2 Å². The first-order valence-electron chi connectivity index (χ1n) is 6.49. The summed E-state index contributed by atoms with van der Waals surface area (Å²) in [6, 6.07) is 0.852. The first-order chi connectivity index (χ1) is 10.2. The summed E-state index contributed by atoms with van der Waals surface area (Å²) in [4.78, 5) is 37.2. The maximum Gasteiger partial charge on any atom is 0.510 e. The lowest BCUT2D eigenvalue weighted by Gasteiger charge is -2.17. The van der Waals surface area contributed by atoms with Gasteiger partial charge in [-0.3, -0.25) is 9.69 Å². The SMILES string of the molecule is COC(=O)OC1C(=O)N(C)C(=O)N1c1cc(C(C)(C)C)on1. The van der Waals surface area contributed by atoms with Gasteiger partial charge in [-0.15, -0.1) is 0 Å². The molecule has 2 heterocycles. The number of methoxy groups -OCH3 is 1. The molecule has 1 aliphatic rings. The molecule has 1 saturated heterocycles. The van der Waals surface area contributed by atoms with Crippen molar-refractivity contribution >= 4 is 23.9 Å². The van der Waals surface area contributed by atoms with E-state index in [-0.39, 0.29) is 11.2 Å². The lowest BCUT2D eigenvalue weighted by atomic mass is 9.93. The van der Waals surface area contributed by atoms with Gasteiger partial charge in [0.25, 0.3) is 12.1 Å². The van der Waals surface area contributed by atoms with Crippen LogP contribution in [0.2, 0.25) is 0 Å². The van der Waals surface area contributed by atoms with Crippen LogP contribution in [0, 0.1) is 0 Å². The first kappa shape index (κ1) is 15.8. The van der Waals surface area contributed by atoms with Crippen molar-refractivity contribution in [2.75, 3.05) is 19.1 Å². The molecule has 1 aromatic heterocycles. The molecule has 2 rings (SSSR count). The van der Waals surface area contributed by atoms with Crippen molar-refractivity contribution in [2.24, 2.45) is 0 Å². The van der Waals surface area contributed by atoms with Crippen molar-refractivity contribution in [3.05, 3.63) is 11.8 Å². The zero-order chi connectivity index (χ0) is 16.7. The number of carbonyl (C=O) groups excluding carboxylic acids is 3. The van der Waals surface area contributed by atoms with E-state index in [9.17, 15) is 14.4 Å². The Bertz CT molecular complexity index is 618. The second-order valence-corrected chi connectivity index (χ2v) is 5.77. The number of nitrogens with zero attached hydrogens (tertiary/aromatic N) is 3. The summed E-state index contributed by atoms with van der Waals surface area (Å²) in [5.41, 5.74) is -0.331. The van der Waals surface area contributed by atoms with Gasteiger partial charge in [0.1, 0.15) is 5.76 Å². The molecule has 120 valence electrons. The minimum Gasteiger partial charge on any atom is -0.438 e. The minimum atomic E-state index is -1.47. The van der Waals surface area contributed by atoms with Crippen LogP contribution >= 0.6 is 0 Å². The Morgan fingerprint density at radius 3 is 2.50 bits per heavy atom. The van der Waals surface area contributed by atoms with Gasteiger partial charge in [0.05, 0.1) is 7.11 Å². The van der Waals surface area contributed by atoms with Gasteiger partial charge < -0.3 is 14.0 Å². The highest BCUT2D eigenvalue weighted by molar-refractivity contribution is 6.13. The second kappa shape index (κ2) is 5.32. The molecule has 9 heteroatoms. The van der Waals surface area contributed by atoms with Crippen molar-refractivity contribution in [1.82, 2.24) is 10.1 Å². The Labute approximate surface area is 126 Å². The molecule has 0 N–H and O–H groups in total. The van der Waals surface area contributed by atoms with Gasteiger partial charge in [0.2, 0.25) is 0 Å². The smallest absolute Gasteiger partial charge is 0.438 e. The van der Waals surface area contributed by atoms with E-state index in [1.54, 1.807) is 0 Å². The highest BCUT2D eigenvalue weighted by Gasteiger charge is 2.48. The molecule has 0 spiro atoms. The van der Waals surface area contributed by atoms with Gasteiger partial charge in [-0.25, -0.2) is 14.5 Å². The van der Waals surface area contributed by atoms with Crippen LogP contribution in [0.1, 0.15) is 26.5 Å². The number of imide groups is 1. The fourth-order valence-corrected chi connectivity index (χ4v) is 1.83. The Balaban J connectivity index is 2.37. The summed E-state index contributed by atoms with van der Waals surface area (Å²) in [5, 5.41) is 3.79. The molecule has 0 aliphatic carbocycles. The van der Waals surface area contributed by atoms with Crippen LogP contribution in [0.15, 0.2) is 10.6 Å². The van der Waals surface area contributed by atoms with Crippen LogP contribution in [0.3, 0.4) is 0 Å². The molecule has 0 aromatic carbocycles. The fraction of sp³-hybridized carbons (Fsp3) is 0.538. The summed E-state index contributed by atoms with van der Waals surface area (Å²) in [6.45, 7) is 5.72. The number of rotatable bonds is 2. The van der Waals surface area contributed by atoms with Crippen molar-refractivity contribution in [3.63, 3.8) is 0 Å². The quantitative estimate of drug-likeness (QED) is 0.602. The number of ether oxygens (including phenoxy) is 2. The van der Waals surface area contributed by atoms with Crippen molar-refractivity contribution in [3.8, 4) is 0 Å². The standard InChI is InChI=1S/C13H17N3O6/c1-13(2,3)7-6-8(14-22-7)16-10(21-12(19)20-5)9(17)15(4)11(16)18/h6,10H,1-5H3. The van der Waals surface area contributed by atoms with Gasteiger partial charge in [-0.1, -0.05) is 25.9 Å². The predicted molar refractivity (Wildman–Crippen MR) is 73.1 cm³/mol. The topological polar surface area (TPSA) is 102 Å². The lowest BCUT2D eigenvalue weighted by molar-refractivity contribution is -0.133. The number of amides is 3. The van der Waals surface area contributed by atoms with Crippen molar-refractivity contribution in [1.29, 1.82) is 0 Å². The minimum absolute atomic E-state index is 0.0847. The highest BCUT2D eigenvalue weighted by Crippen LogP contribution is 2.30. The van der Waals surface area contributed by atoms with Crippen LogP contribution in [0.4, 0.5) is 15.4 Å². The fourth-order valence-electron chi connectivity index (χ4n) is 1.83. The third kappa shape index (κ3) is 2.61. The summed E-state index contributed by atoms with van der Waals surface area (Å²) in [7, 11) is 2.38. The number of carbonyl (C=O) groups is 3. The number of likely N-dealkylation sites (N-methyl/N-ethyl adjacent to an activating group) is 1. The summed E-state index contributed by atoms with van der Waals surface area (Å²) >= 11 is 0. The number of aromatic nitrogens is 1. The molecule has 1 fully saturated rings.